The molecule has 10 nitrogen and oxygen atoms in total. The molecule has 0 saturated carbocycles. The second kappa shape index (κ2) is 9.29. The van der Waals surface area contributed by atoms with Crippen molar-refractivity contribution in [3.05, 3.63) is 52.8 Å². The molecular weight excluding hydrogens is 490 g/mol. The normalized spacial score (nSPS) is 19.1. The quantitative estimate of drug-likeness (QED) is 0.516. The van der Waals surface area contributed by atoms with E-state index in [1.54, 1.807) is 15.5 Å². The lowest BCUT2D eigenvalue weighted by Gasteiger charge is -2.39. The third-order valence-electron chi connectivity index (χ3n) is 6.56. The number of sulfonamides is 1. The number of fused-ring (bicyclic) bond motifs is 1. The van der Waals surface area contributed by atoms with Crippen molar-refractivity contribution in [1.29, 1.82) is 0 Å². The number of aromatic nitrogens is 3. The maximum absolute atomic E-state index is 13.7. The molecular formula is C23H28ClN7O3S. The van der Waals surface area contributed by atoms with Crippen LogP contribution in [0.1, 0.15) is 41.4 Å². The van der Waals surface area contributed by atoms with Crippen molar-refractivity contribution in [3.8, 4) is 0 Å². The van der Waals surface area contributed by atoms with Crippen molar-refractivity contribution in [2.45, 2.75) is 31.3 Å². The molecule has 4 heterocycles. The Morgan fingerprint density at radius 1 is 1.17 bits per heavy atom. The van der Waals surface area contributed by atoms with Gasteiger partial charge in [-0.15, -0.1) is 0 Å². The maximum atomic E-state index is 13.7. The van der Waals surface area contributed by atoms with Gasteiger partial charge < -0.3 is 15.1 Å². The van der Waals surface area contributed by atoms with E-state index >= 15 is 0 Å². The summed E-state index contributed by atoms with van der Waals surface area (Å²) in [6, 6.07) is 8.69. The zero-order chi connectivity index (χ0) is 24.7. The number of rotatable bonds is 6. The third kappa shape index (κ3) is 4.93. The molecule has 1 atom stereocenters. The molecule has 1 amide bonds. The van der Waals surface area contributed by atoms with Gasteiger partial charge in [0.25, 0.3) is 5.91 Å². The molecule has 2 fully saturated rings. The van der Waals surface area contributed by atoms with Gasteiger partial charge in [0.15, 0.2) is 5.65 Å². The molecule has 2 saturated heterocycles. The summed E-state index contributed by atoms with van der Waals surface area (Å²) in [7, 11) is -1.61. The Kier molecular flexibility index (Phi) is 6.32. The van der Waals surface area contributed by atoms with Crippen LogP contribution in [0.4, 0.5) is 11.5 Å². The molecule has 0 radical (unpaired) electrons. The molecule has 186 valence electrons. The Labute approximate surface area is 209 Å². The number of carbonyl (C=O) groups is 1. The zero-order valence-corrected chi connectivity index (χ0v) is 21.2. The predicted molar refractivity (Wildman–Crippen MR) is 136 cm³/mol. The predicted octanol–water partition coefficient (Wildman–Crippen LogP) is 2.53. The molecule has 2 aliphatic heterocycles. The van der Waals surface area contributed by atoms with Crippen LogP contribution in [0.3, 0.4) is 0 Å². The van der Waals surface area contributed by atoms with Gasteiger partial charge in [0.2, 0.25) is 10.0 Å². The number of likely N-dealkylation sites (tertiary alicyclic amines) is 1. The largest absolute Gasteiger partial charge is 0.353 e. The van der Waals surface area contributed by atoms with Gasteiger partial charge in [0, 0.05) is 43.0 Å². The number of benzene rings is 1. The van der Waals surface area contributed by atoms with Crippen molar-refractivity contribution >= 4 is 44.7 Å². The average molecular weight is 518 g/mol. The molecule has 0 spiro atoms. The highest BCUT2D eigenvalue weighted by Gasteiger charge is 2.32. The first kappa shape index (κ1) is 23.8. The standard InChI is InChI=1S/C23H28ClN7O3S/c1-25-16-13-29(14-16)21-8-10-31-22(26-21)12-19(27-31)20-5-3-4-9-30(20)23(32)17-11-15(24)6-7-18(17)28-35(2,33)34/h6-8,10-12,16,20,25,28H,3-5,9,13-14H2,1-2H3/t20-/m0/s1. The van der Waals surface area contributed by atoms with E-state index in [0.717, 1.165) is 55.8 Å². The molecule has 0 bridgehead atoms. The Morgan fingerprint density at radius 3 is 2.71 bits per heavy atom. The Bertz CT molecular complexity index is 1370. The number of hydrogen-bond acceptors (Lipinski definition) is 7. The number of hydrogen-bond donors (Lipinski definition) is 2. The van der Waals surface area contributed by atoms with Crippen molar-refractivity contribution in [2.24, 2.45) is 0 Å². The van der Waals surface area contributed by atoms with Gasteiger partial charge in [-0.3, -0.25) is 9.52 Å². The summed E-state index contributed by atoms with van der Waals surface area (Å²) < 4.78 is 27.9. The highest BCUT2D eigenvalue weighted by atomic mass is 35.5. The highest BCUT2D eigenvalue weighted by Crippen LogP contribution is 2.34. The van der Waals surface area contributed by atoms with Gasteiger partial charge in [-0.1, -0.05) is 11.6 Å². The monoisotopic (exact) mass is 517 g/mol. The molecule has 5 rings (SSSR count). The van der Waals surface area contributed by atoms with E-state index in [4.69, 9.17) is 21.7 Å². The van der Waals surface area contributed by atoms with Crippen LogP contribution in [0, 0.1) is 0 Å². The number of nitrogens with one attached hydrogen (secondary N) is 2. The van der Waals surface area contributed by atoms with Crippen LogP contribution >= 0.6 is 11.6 Å². The van der Waals surface area contributed by atoms with Gasteiger partial charge in [-0.25, -0.2) is 17.9 Å². The summed E-state index contributed by atoms with van der Waals surface area (Å²) in [5.74, 6) is 0.621. The van der Waals surface area contributed by atoms with Crippen LogP contribution in [0.5, 0.6) is 0 Å². The molecule has 35 heavy (non-hydrogen) atoms. The van der Waals surface area contributed by atoms with E-state index in [-0.39, 0.29) is 23.2 Å². The Balaban J connectivity index is 1.44. The second-order valence-corrected chi connectivity index (χ2v) is 11.3. The van der Waals surface area contributed by atoms with Gasteiger partial charge in [-0.05, 0) is 50.6 Å². The second-order valence-electron chi connectivity index (χ2n) is 9.12. The van der Waals surface area contributed by atoms with E-state index in [1.165, 1.54) is 12.1 Å². The minimum absolute atomic E-state index is 0.210. The van der Waals surface area contributed by atoms with Crippen molar-refractivity contribution < 1.29 is 13.2 Å². The van der Waals surface area contributed by atoms with Crippen LogP contribution in [0.2, 0.25) is 5.02 Å². The van der Waals surface area contributed by atoms with Crippen molar-refractivity contribution in [2.75, 3.05) is 42.6 Å². The minimum Gasteiger partial charge on any atom is -0.353 e. The summed E-state index contributed by atoms with van der Waals surface area (Å²) in [4.78, 5) is 22.4. The van der Waals surface area contributed by atoms with Crippen molar-refractivity contribution in [1.82, 2.24) is 24.8 Å². The lowest BCUT2D eigenvalue weighted by atomic mass is 9.98. The van der Waals surface area contributed by atoms with Crippen LogP contribution in [0.25, 0.3) is 5.65 Å². The summed E-state index contributed by atoms with van der Waals surface area (Å²) in [5.41, 5.74) is 1.92. The number of carbonyl (C=O) groups excluding carboxylic acids is 1. The number of anilines is 2. The number of likely N-dealkylation sites (N-methyl/N-ethyl adjacent to an activating group) is 1. The first-order valence-electron chi connectivity index (χ1n) is 11.6. The van der Waals surface area contributed by atoms with Crippen LogP contribution in [-0.4, -0.2) is 72.8 Å². The maximum Gasteiger partial charge on any atom is 0.256 e. The fourth-order valence-corrected chi connectivity index (χ4v) is 5.44. The van der Waals surface area contributed by atoms with E-state index < -0.39 is 10.0 Å². The fraction of sp³-hybridized carbons (Fsp3) is 0.435. The van der Waals surface area contributed by atoms with Gasteiger partial charge in [0.05, 0.1) is 29.2 Å². The minimum atomic E-state index is -3.57. The molecule has 2 aliphatic rings. The van der Waals surface area contributed by atoms with E-state index in [2.05, 4.69) is 14.9 Å². The number of amides is 1. The number of halogens is 1. The van der Waals surface area contributed by atoms with Gasteiger partial charge >= 0.3 is 0 Å². The Hall–Kier alpha value is -2.89. The van der Waals surface area contributed by atoms with E-state index in [0.29, 0.717) is 17.6 Å². The lowest BCUT2D eigenvalue weighted by Crippen LogP contribution is -2.57. The van der Waals surface area contributed by atoms with E-state index in [1.807, 2.05) is 25.4 Å². The summed E-state index contributed by atoms with van der Waals surface area (Å²) >= 11 is 6.17. The summed E-state index contributed by atoms with van der Waals surface area (Å²) in [5, 5.41) is 8.35. The molecule has 0 unspecified atom stereocenters. The van der Waals surface area contributed by atoms with Gasteiger partial charge in [0.1, 0.15) is 5.82 Å². The SMILES string of the molecule is CNC1CN(c2ccn3nc([C@@H]4CCCCN4C(=O)c4cc(Cl)ccc4NS(C)(=O)=O)cc3n2)C1. The highest BCUT2D eigenvalue weighted by molar-refractivity contribution is 7.92. The summed E-state index contributed by atoms with van der Waals surface area (Å²) in [6.07, 6.45) is 5.53. The van der Waals surface area contributed by atoms with Crippen molar-refractivity contribution in [3.63, 3.8) is 0 Å². The molecule has 1 aromatic carbocycles. The molecule has 12 heteroatoms. The molecule has 2 aromatic heterocycles. The molecule has 3 aromatic rings. The average Bonchev–Trinajstić information content (AvgIpc) is 3.22. The summed E-state index contributed by atoms with van der Waals surface area (Å²) in [6.45, 7) is 2.37. The topological polar surface area (TPSA) is 112 Å². The smallest absolute Gasteiger partial charge is 0.256 e. The van der Waals surface area contributed by atoms with Crippen LogP contribution < -0.4 is 14.9 Å². The van der Waals surface area contributed by atoms with Crippen LogP contribution in [0.15, 0.2) is 36.5 Å². The molecule has 2 N–H and O–H groups in total. The first-order valence-corrected chi connectivity index (χ1v) is 13.9. The zero-order valence-electron chi connectivity index (χ0n) is 19.6. The van der Waals surface area contributed by atoms with Gasteiger partial charge in [-0.2, -0.15) is 5.10 Å². The Morgan fingerprint density at radius 2 is 1.97 bits per heavy atom. The number of nitrogens with zero attached hydrogens (tertiary/aromatic N) is 5. The van der Waals surface area contributed by atoms with E-state index in [9.17, 15) is 13.2 Å². The fourth-order valence-electron chi connectivity index (χ4n) is 4.69. The van der Waals surface area contributed by atoms with Crippen LogP contribution in [-0.2, 0) is 10.0 Å². The lowest BCUT2D eigenvalue weighted by molar-refractivity contribution is 0.0607. The molecule has 0 aliphatic carbocycles. The third-order valence-corrected chi connectivity index (χ3v) is 7.38. The first-order chi connectivity index (χ1) is 16.7. The number of piperidine rings is 1.